The van der Waals surface area contributed by atoms with Crippen LogP contribution in [0.25, 0.3) is 0 Å². The Kier molecular flexibility index (Phi) is 6.34. The van der Waals surface area contributed by atoms with E-state index in [0.717, 1.165) is 11.1 Å². The number of amides is 2. The van der Waals surface area contributed by atoms with Crippen molar-refractivity contribution in [3.05, 3.63) is 101 Å². The molecule has 0 unspecified atom stereocenters. The number of hydrogen-bond acceptors (Lipinski definition) is 4. The predicted molar refractivity (Wildman–Crippen MR) is 129 cm³/mol. The third-order valence-corrected chi connectivity index (χ3v) is 7.43. The Bertz CT molecular complexity index is 1220. The second-order valence-corrected chi connectivity index (χ2v) is 9.21. The number of fused-ring (bicyclic) bond motifs is 2. The van der Waals surface area contributed by atoms with Crippen LogP contribution in [-0.4, -0.2) is 48.0 Å². The maximum Gasteiger partial charge on any atom is 0.270 e. The molecule has 0 radical (unpaired) electrons. The average molecular weight is 474 g/mol. The smallest absolute Gasteiger partial charge is 0.270 e. The number of nitrogens with one attached hydrogen (secondary N) is 1. The lowest BCUT2D eigenvalue weighted by molar-refractivity contribution is -0.133. The van der Waals surface area contributed by atoms with Crippen LogP contribution in [0.1, 0.15) is 46.1 Å². The normalized spacial score (nSPS) is 20.5. The van der Waals surface area contributed by atoms with Gasteiger partial charge in [0.1, 0.15) is 11.5 Å². The van der Waals surface area contributed by atoms with E-state index in [0.29, 0.717) is 37.2 Å². The monoisotopic (exact) mass is 473 g/mol. The molecular formula is C28H28FN3O3. The van der Waals surface area contributed by atoms with Gasteiger partial charge in [-0.25, -0.2) is 4.39 Å². The summed E-state index contributed by atoms with van der Waals surface area (Å²) in [4.78, 5) is 31.9. The first-order chi connectivity index (χ1) is 17.0. The number of piperidine rings is 1. The number of hydrogen-bond donors (Lipinski definition) is 1. The molecule has 2 aliphatic rings. The summed E-state index contributed by atoms with van der Waals surface area (Å²) in [5.41, 5.74) is 2.63. The van der Waals surface area contributed by atoms with Crippen molar-refractivity contribution in [1.82, 2.24) is 15.2 Å². The molecule has 1 spiro atoms. The maximum atomic E-state index is 14.1. The molecule has 1 fully saturated rings. The summed E-state index contributed by atoms with van der Waals surface area (Å²) in [5.74, 6) is -0.683. The molecule has 35 heavy (non-hydrogen) atoms. The molecule has 2 amide bonds. The second kappa shape index (κ2) is 9.58. The number of pyridine rings is 1. The molecule has 180 valence electrons. The lowest BCUT2D eigenvalue weighted by Crippen LogP contribution is -2.52. The first-order valence-electron chi connectivity index (χ1n) is 11.9. The molecule has 1 saturated heterocycles. The van der Waals surface area contributed by atoms with Crippen LogP contribution in [0.4, 0.5) is 4.39 Å². The molecule has 1 aliphatic heterocycles. The number of carbonyl (C=O) groups excluding carboxylic acids is 2. The Balaban J connectivity index is 1.36. The lowest BCUT2D eigenvalue weighted by Gasteiger charge is -2.44. The number of aromatic nitrogens is 1. The zero-order valence-electron chi connectivity index (χ0n) is 19.6. The topological polar surface area (TPSA) is 71.5 Å². The van der Waals surface area contributed by atoms with Crippen LogP contribution < -0.4 is 5.32 Å². The molecule has 0 saturated carbocycles. The van der Waals surface area contributed by atoms with E-state index in [1.165, 1.54) is 6.07 Å². The van der Waals surface area contributed by atoms with Gasteiger partial charge in [0.25, 0.3) is 5.91 Å². The Labute approximate surface area is 204 Å². The van der Waals surface area contributed by atoms with Crippen molar-refractivity contribution in [3.63, 3.8) is 0 Å². The van der Waals surface area contributed by atoms with Gasteiger partial charge < -0.3 is 15.0 Å². The molecule has 2 heterocycles. The van der Waals surface area contributed by atoms with Crippen LogP contribution in [0.5, 0.6) is 0 Å². The molecular weight excluding hydrogens is 445 g/mol. The SMILES string of the molecule is CO[C@H]1[C@H](NC(=O)c2ccccn2)c2ccccc2C12CCN(C(=O)Cc1ccccc1F)CC2. The van der Waals surface area contributed by atoms with Crippen molar-refractivity contribution >= 4 is 11.8 Å². The molecule has 1 N–H and O–H groups in total. The van der Waals surface area contributed by atoms with Gasteiger partial charge in [-0.1, -0.05) is 48.5 Å². The summed E-state index contributed by atoms with van der Waals surface area (Å²) in [6.45, 7) is 1.09. The minimum absolute atomic E-state index is 0.0483. The standard InChI is InChI=1S/C28H28FN3O3/c1-35-26-25(31-27(34)23-12-6-7-15-30-23)20-9-3-4-10-21(20)28(26)13-16-32(17-14-28)24(33)18-19-8-2-5-11-22(19)29/h2-12,15,25-26H,13-14,16-18H2,1H3,(H,31,34)/t25-,26+/m1/s1. The number of nitrogens with zero attached hydrogens (tertiary/aromatic N) is 2. The lowest BCUT2D eigenvalue weighted by atomic mass is 9.71. The molecule has 6 nitrogen and oxygen atoms in total. The number of ether oxygens (including phenoxy) is 1. The fraction of sp³-hybridized carbons (Fsp3) is 0.321. The van der Waals surface area contributed by atoms with Crippen LogP contribution in [0.3, 0.4) is 0 Å². The molecule has 2 aromatic carbocycles. The van der Waals surface area contributed by atoms with E-state index in [4.69, 9.17) is 4.74 Å². The van der Waals surface area contributed by atoms with Crippen molar-refractivity contribution in [1.29, 1.82) is 0 Å². The van der Waals surface area contributed by atoms with Gasteiger partial charge in [-0.15, -0.1) is 0 Å². The second-order valence-electron chi connectivity index (χ2n) is 9.21. The van der Waals surface area contributed by atoms with Crippen molar-refractivity contribution in [2.75, 3.05) is 20.2 Å². The Morgan fingerprint density at radius 2 is 1.77 bits per heavy atom. The Morgan fingerprint density at radius 3 is 2.49 bits per heavy atom. The van der Waals surface area contributed by atoms with E-state index in [1.807, 2.05) is 23.1 Å². The maximum absolute atomic E-state index is 14.1. The van der Waals surface area contributed by atoms with E-state index in [2.05, 4.69) is 16.4 Å². The summed E-state index contributed by atoms with van der Waals surface area (Å²) in [6, 6.07) is 19.4. The number of benzene rings is 2. The van der Waals surface area contributed by atoms with Gasteiger partial charge in [0.05, 0.1) is 18.6 Å². The van der Waals surface area contributed by atoms with Crippen LogP contribution in [0.15, 0.2) is 72.9 Å². The highest BCUT2D eigenvalue weighted by molar-refractivity contribution is 5.92. The van der Waals surface area contributed by atoms with Crippen LogP contribution in [-0.2, 0) is 21.4 Å². The fourth-order valence-corrected chi connectivity index (χ4v) is 5.71. The Morgan fingerprint density at radius 1 is 1.06 bits per heavy atom. The molecule has 7 heteroatoms. The highest BCUT2D eigenvalue weighted by Gasteiger charge is 2.54. The van der Waals surface area contributed by atoms with Crippen molar-refractivity contribution < 1.29 is 18.7 Å². The minimum Gasteiger partial charge on any atom is -0.378 e. The highest BCUT2D eigenvalue weighted by Crippen LogP contribution is 2.52. The van der Waals surface area contributed by atoms with Crippen molar-refractivity contribution in [2.24, 2.45) is 0 Å². The molecule has 2 atom stereocenters. The number of halogens is 1. The quantitative estimate of drug-likeness (QED) is 0.612. The number of methoxy groups -OCH3 is 1. The van der Waals surface area contributed by atoms with Gasteiger partial charge in [0.15, 0.2) is 0 Å². The first-order valence-corrected chi connectivity index (χ1v) is 11.9. The predicted octanol–water partition coefficient (Wildman–Crippen LogP) is 3.82. The number of carbonyl (C=O) groups is 2. The zero-order chi connectivity index (χ0) is 24.4. The molecule has 3 aromatic rings. The van der Waals surface area contributed by atoms with Gasteiger partial charge in [0, 0.05) is 31.8 Å². The van der Waals surface area contributed by atoms with Crippen LogP contribution in [0, 0.1) is 5.82 Å². The van der Waals surface area contributed by atoms with Gasteiger partial charge >= 0.3 is 0 Å². The average Bonchev–Trinajstić information content (AvgIpc) is 3.14. The van der Waals surface area contributed by atoms with E-state index >= 15 is 0 Å². The van der Waals surface area contributed by atoms with E-state index < -0.39 is 0 Å². The molecule has 5 rings (SSSR count). The summed E-state index contributed by atoms with van der Waals surface area (Å²) < 4.78 is 20.1. The van der Waals surface area contributed by atoms with Crippen LogP contribution in [0.2, 0.25) is 0 Å². The van der Waals surface area contributed by atoms with Crippen molar-refractivity contribution in [3.8, 4) is 0 Å². The molecule has 1 aliphatic carbocycles. The fourth-order valence-electron chi connectivity index (χ4n) is 5.71. The third-order valence-electron chi connectivity index (χ3n) is 7.43. The third kappa shape index (κ3) is 4.21. The van der Waals surface area contributed by atoms with Gasteiger partial charge in [-0.2, -0.15) is 0 Å². The van der Waals surface area contributed by atoms with E-state index in [9.17, 15) is 14.0 Å². The highest BCUT2D eigenvalue weighted by atomic mass is 19.1. The van der Waals surface area contributed by atoms with Crippen molar-refractivity contribution in [2.45, 2.75) is 36.8 Å². The number of rotatable bonds is 5. The van der Waals surface area contributed by atoms with Crippen LogP contribution >= 0.6 is 0 Å². The van der Waals surface area contributed by atoms with E-state index in [1.54, 1.807) is 49.7 Å². The minimum atomic E-state index is -0.356. The Hall–Kier alpha value is -3.58. The van der Waals surface area contributed by atoms with Gasteiger partial charge in [0.2, 0.25) is 5.91 Å². The summed E-state index contributed by atoms with van der Waals surface area (Å²) >= 11 is 0. The first kappa shape index (κ1) is 23.2. The largest absolute Gasteiger partial charge is 0.378 e. The van der Waals surface area contributed by atoms with Gasteiger partial charge in [-0.3, -0.25) is 14.6 Å². The number of likely N-dealkylation sites (tertiary alicyclic amines) is 1. The van der Waals surface area contributed by atoms with Gasteiger partial charge in [-0.05, 0) is 47.7 Å². The zero-order valence-corrected chi connectivity index (χ0v) is 19.6. The van der Waals surface area contributed by atoms with E-state index in [-0.39, 0.29) is 41.6 Å². The summed E-state index contributed by atoms with van der Waals surface area (Å²) in [5, 5.41) is 3.15. The molecule has 1 aromatic heterocycles. The summed E-state index contributed by atoms with van der Waals surface area (Å²) in [6.07, 6.45) is 2.76. The molecule has 0 bridgehead atoms. The summed E-state index contributed by atoms with van der Waals surface area (Å²) in [7, 11) is 1.67.